The molecule has 0 saturated heterocycles. The third-order valence-corrected chi connectivity index (χ3v) is 1.87. The van der Waals surface area contributed by atoms with Crippen molar-refractivity contribution in [2.45, 2.75) is 6.43 Å². The summed E-state index contributed by atoms with van der Waals surface area (Å²) < 4.78 is 49.9. The summed E-state index contributed by atoms with van der Waals surface area (Å²) in [5.74, 6) is 1.68. The molecule has 0 aromatic heterocycles. The second-order valence-corrected chi connectivity index (χ2v) is 3.06. The predicted octanol–water partition coefficient (Wildman–Crippen LogP) is 1.25. The molecule has 1 aromatic carbocycles. The van der Waals surface area contributed by atoms with Gasteiger partial charge in [-0.2, -0.15) is 0 Å². The van der Waals surface area contributed by atoms with Crippen LogP contribution in [0.2, 0.25) is 0 Å². The van der Waals surface area contributed by atoms with E-state index in [9.17, 15) is 22.4 Å². The van der Waals surface area contributed by atoms with E-state index in [1.54, 1.807) is 5.43 Å². The van der Waals surface area contributed by atoms with Crippen LogP contribution in [0.4, 0.5) is 23.2 Å². The van der Waals surface area contributed by atoms with Crippen molar-refractivity contribution < 1.29 is 22.4 Å². The molecule has 4 N–H and O–H groups in total. The molecule has 0 unspecified atom stereocenters. The number of carbonyl (C=O) groups excluding carboxylic acids is 1. The van der Waals surface area contributed by atoms with Gasteiger partial charge < -0.3 is 10.7 Å². The number of carbonyl (C=O) groups is 1. The first kappa shape index (κ1) is 13.2. The topological polar surface area (TPSA) is 67.1 Å². The first-order valence-electron chi connectivity index (χ1n) is 4.47. The number of hydrogen-bond donors (Lipinski definition) is 3. The van der Waals surface area contributed by atoms with Crippen molar-refractivity contribution in [3.63, 3.8) is 0 Å². The van der Waals surface area contributed by atoms with Gasteiger partial charge in [0, 0.05) is 5.56 Å². The van der Waals surface area contributed by atoms with Crippen LogP contribution in [-0.4, -0.2) is 18.9 Å². The van der Waals surface area contributed by atoms with Gasteiger partial charge in [-0.3, -0.25) is 10.6 Å². The highest BCUT2D eigenvalue weighted by molar-refractivity contribution is 5.94. The van der Waals surface area contributed by atoms with Crippen LogP contribution in [0.5, 0.6) is 0 Å². The number of nitrogens with one attached hydrogen (secondary N) is 2. The minimum absolute atomic E-state index is 0.403. The van der Waals surface area contributed by atoms with Crippen LogP contribution in [-0.2, 0) is 0 Å². The maximum Gasteiger partial charge on any atom is 0.255 e. The van der Waals surface area contributed by atoms with Crippen LogP contribution in [0.15, 0.2) is 12.1 Å². The lowest BCUT2D eigenvalue weighted by molar-refractivity contribution is 0.0891. The SMILES string of the molecule is NNc1c(F)cc(C(=O)NCC(F)F)cc1F. The van der Waals surface area contributed by atoms with Gasteiger partial charge in [0.15, 0.2) is 11.6 Å². The van der Waals surface area contributed by atoms with Gasteiger partial charge in [0.25, 0.3) is 12.3 Å². The van der Waals surface area contributed by atoms with E-state index in [-0.39, 0.29) is 0 Å². The van der Waals surface area contributed by atoms with E-state index < -0.39 is 41.8 Å². The van der Waals surface area contributed by atoms with Gasteiger partial charge in [0.2, 0.25) is 0 Å². The molecule has 0 saturated carbocycles. The molecular weight excluding hydrogens is 242 g/mol. The van der Waals surface area contributed by atoms with E-state index >= 15 is 0 Å². The molecule has 0 spiro atoms. The molecule has 94 valence electrons. The molecule has 1 aromatic rings. The van der Waals surface area contributed by atoms with Gasteiger partial charge >= 0.3 is 0 Å². The minimum atomic E-state index is -2.74. The predicted molar refractivity (Wildman–Crippen MR) is 52.5 cm³/mol. The first-order valence-corrected chi connectivity index (χ1v) is 4.47. The summed E-state index contributed by atoms with van der Waals surface area (Å²) in [5.41, 5.74) is 0.774. The molecule has 0 fully saturated rings. The van der Waals surface area contributed by atoms with Gasteiger partial charge in [-0.25, -0.2) is 17.6 Å². The Kier molecular flexibility index (Phi) is 4.27. The summed E-state index contributed by atoms with van der Waals surface area (Å²) in [5, 5.41) is 1.82. The number of benzene rings is 1. The second-order valence-electron chi connectivity index (χ2n) is 3.06. The highest BCUT2D eigenvalue weighted by atomic mass is 19.3. The first-order chi connectivity index (χ1) is 7.95. The van der Waals surface area contributed by atoms with Crippen molar-refractivity contribution in [1.29, 1.82) is 0 Å². The summed E-state index contributed by atoms with van der Waals surface area (Å²) in [6, 6.07) is 1.39. The standard InChI is InChI=1S/C9H9F4N3O/c10-5-1-4(2-6(11)8(5)16-14)9(17)15-3-7(12)13/h1-2,7,16H,3,14H2,(H,15,17). The van der Waals surface area contributed by atoms with Crippen molar-refractivity contribution in [1.82, 2.24) is 5.32 Å². The molecule has 4 nitrogen and oxygen atoms in total. The number of nitrogens with two attached hydrogens (primary N) is 1. The molecule has 0 aliphatic heterocycles. The third kappa shape index (κ3) is 3.31. The zero-order valence-electron chi connectivity index (χ0n) is 8.44. The summed E-state index contributed by atoms with van der Waals surface area (Å²) in [7, 11) is 0. The summed E-state index contributed by atoms with van der Waals surface area (Å²) >= 11 is 0. The lowest BCUT2D eigenvalue weighted by Crippen LogP contribution is -2.28. The van der Waals surface area contributed by atoms with Crippen molar-refractivity contribution in [2.24, 2.45) is 5.84 Å². The van der Waals surface area contributed by atoms with E-state index in [1.807, 2.05) is 5.32 Å². The van der Waals surface area contributed by atoms with Crippen molar-refractivity contribution >= 4 is 11.6 Å². The Hall–Kier alpha value is -1.83. The second kappa shape index (κ2) is 5.48. The van der Waals surface area contributed by atoms with Crippen LogP contribution in [0, 0.1) is 11.6 Å². The molecule has 0 aliphatic carbocycles. The van der Waals surface area contributed by atoms with Crippen LogP contribution < -0.4 is 16.6 Å². The van der Waals surface area contributed by atoms with Crippen LogP contribution in [0.3, 0.4) is 0 Å². The summed E-state index contributed by atoms with van der Waals surface area (Å²) in [6.07, 6.45) is -2.74. The van der Waals surface area contributed by atoms with E-state index in [0.717, 1.165) is 0 Å². The van der Waals surface area contributed by atoms with Crippen molar-refractivity contribution in [3.8, 4) is 0 Å². The van der Waals surface area contributed by atoms with Crippen LogP contribution >= 0.6 is 0 Å². The Morgan fingerprint density at radius 3 is 2.24 bits per heavy atom. The summed E-state index contributed by atoms with van der Waals surface area (Å²) in [6.45, 7) is -0.890. The van der Waals surface area contributed by atoms with Gasteiger partial charge in [0.1, 0.15) is 5.69 Å². The molecule has 1 rings (SSSR count). The van der Waals surface area contributed by atoms with Crippen molar-refractivity contribution in [3.05, 3.63) is 29.3 Å². The highest BCUT2D eigenvalue weighted by Crippen LogP contribution is 2.19. The lowest BCUT2D eigenvalue weighted by atomic mass is 10.1. The fourth-order valence-corrected chi connectivity index (χ4v) is 1.11. The van der Waals surface area contributed by atoms with E-state index in [4.69, 9.17) is 5.84 Å². The number of hydrogen-bond acceptors (Lipinski definition) is 3. The molecule has 17 heavy (non-hydrogen) atoms. The normalized spacial score (nSPS) is 10.5. The molecule has 0 aliphatic rings. The lowest BCUT2D eigenvalue weighted by Gasteiger charge is -2.08. The Morgan fingerprint density at radius 2 is 1.82 bits per heavy atom. The largest absolute Gasteiger partial charge is 0.346 e. The molecule has 0 heterocycles. The number of rotatable bonds is 4. The average molecular weight is 251 g/mol. The smallest absolute Gasteiger partial charge is 0.255 e. The number of halogens is 4. The number of anilines is 1. The monoisotopic (exact) mass is 251 g/mol. The van der Waals surface area contributed by atoms with Gasteiger partial charge in [-0.15, -0.1) is 0 Å². The van der Waals surface area contributed by atoms with E-state index in [2.05, 4.69) is 0 Å². The molecule has 8 heteroatoms. The fraction of sp³-hybridized carbons (Fsp3) is 0.222. The Labute approximate surface area is 93.8 Å². The van der Waals surface area contributed by atoms with Crippen LogP contribution in [0.1, 0.15) is 10.4 Å². The van der Waals surface area contributed by atoms with Crippen LogP contribution in [0.25, 0.3) is 0 Å². The quantitative estimate of drug-likeness (QED) is 0.428. The van der Waals surface area contributed by atoms with Gasteiger partial charge in [-0.05, 0) is 12.1 Å². The van der Waals surface area contributed by atoms with Gasteiger partial charge in [0.05, 0.1) is 6.54 Å². The Bertz CT molecular complexity index is 402. The molecule has 0 atom stereocenters. The fourth-order valence-electron chi connectivity index (χ4n) is 1.11. The zero-order chi connectivity index (χ0) is 13.0. The maximum absolute atomic E-state index is 13.2. The minimum Gasteiger partial charge on any atom is -0.346 e. The number of hydrazine groups is 1. The molecule has 0 bridgehead atoms. The zero-order valence-corrected chi connectivity index (χ0v) is 8.44. The van der Waals surface area contributed by atoms with Crippen molar-refractivity contribution in [2.75, 3.05) is 12.0 Å². The third-order valence-electron chi connectivity index (χ3n) is 1.87. The summed E-state index contributed by atoms with van der Waals surface area (Å²) in [4.78, 5) is 11.2. The number of alkyl halides is 2. The highest BCUT2D eigenvalue weighted by Gasteiger charge is 2.15. The Balaban J connectivity index is 2.89. The van der Waals surface area contributed by atoms with E-state index in [0.29, 0.717) is 12.1 Å². The van der Waals surface area contributed by atoms with E-state index in [1.165, 1.54) is 0 Å². The number of nitrogen functional groups attached to an aromatic ring is 1. The van der Waals surface area contributed by atoms with Gasteiger partial charge in [-0.1, -0.05) is 0 Å². The number of amides is 1. The maximum atomic E-state index is 13.2. The molecule has 0 radical (unpaired) electrons. The average Bonchev–Trinajstić information content (AvgIpc) is 2.25. The Morgan fingerprint density at radius 1 is 1.29 bits per heavy atom. The molecule has 1 amide bonds. The molecular formula is C9H9F4N3O.